The first-order valence-corrected chi connectivity index (χ1v) is 5.64. The van der Waals surface area contributed by atoms with Crippen molar-refractivity contribution in [3.63, 3.8) is 0 Å². The summed E-state index contributed by atoms with van der Waals surface area (Å²) in [7, 11) is 0. The highest BCUT2D eigenvalue weighted by molar-refractivity contribution is 5.61. The van der Waals surface area contributed by atoms with Crippen LogP contribution in [0.2, 0.25) is 0 Å². The molecule has 0 saturated heterocycles. The maximum Gasteiger partial charge on any atom is 0.141 e. The van der Waals surface area contributed by atoms with E-state index >= 15 is 0 Å². The lowest BCUT2D eigenvalue weighted by molar-refractivity contribution is 0.390. The fraction of sp³-hybridized carbons (Fsp3) is 0.333. The lowest BCUT2D eigenvalue weighted by Crippen LogP contribution is -2.36. The van der Waals surface area contributed by atoms with Gasteiger partial charge >= 0.3 is 0 Å². The Balaban J connectivity index is 2.02. The minimum atomic E-state index is -0.318. The molecule has 17 heavy (non-hydrogen) atoms. The van der Waals surface area contributed by atoms with Crippen LogP contribution in [0.15, 0.2) is 24.5 Å². The lowest BCUT2D eigenvalue weighted by Gasteiger charge is -2.22. The van der Waals surface area contributed by atoms with Gasteiger partial charge in [-0.1, -0.05) is 0 Å². The molecule has 3 rings (SSSR count). The van der Waals surface area contributed by atoms with Crippen molar-refractivity contribution in [1.29, 1.82) is 0 Å². The van der Waals surface area contributed by atoms with E-state index in [2.05, 4.69) is 22.3 Å². The fourth-order valence-electron chi connectivity index (χ4n) is 2.10. The molecule has 1 unspecified atom stereocenters. The maximum atomic E-state index is 12.8. The van der Waals surface area contributed by atoms with E-state index < -0.39 is 0 Å². The zero-order valence-electron chi connectivity index (χ0n) is 9.52. The minimum Gasteiger partial charge on any atom is -0.307 e. The number of halogens is 1. The van der Waals surface area contributed by atoms with Gasteiger partial charge in [0.1, 0.15) is 5.82 Å². The summed E-state index contributed by atoms with van der Waals surface area (Å²) in [6, 6.07) is 3.53. The summed E-state index contributed by atoms with van der Waals surface area (Å²) >= 11 is 0. The molecule has 0 spiro atoms. The Morgan fingerprint density at radius 1 is 1.41 bits per heavy atom. The van der Waals surface area contributed by atoms with Crippen molar-refractivity contribution in [2.24, 2.45) is 0 Å². The van der Waals surface area contributed by atoms with E-state index in [-0.39, 0.29) is 5.82 Å². The van der Waals surface area contributed by atoms with Crippen LogP contribution < -0.4 is 5.32 Å². The minimum absolute atomic E-state index is 0.318. The van der Waals surface area contributed by atoms with Crippen molar-refractivity contribution in [1.82, 2.24) is 20.1 Å². The van der Waals surface area contributed by atoms with Gasteiger partial charge in [0.15, 0.2) is 0 Å². The van der Waals surface area contributed by atoms with Gasteiger partial charge in [-0.05, 0) is 19.1 Å². The van der Waals surface area contributed by atoms with Gasteiger partial charge in [-0.2, -0.15) is 5.10 Å². The first kappa shape index (κ1) is 10.4. The summed E-state index contributed by atoms with van der Waals surface area (Å²) in [5, 5.41) is 7.73. The number of hydrogen-bond acceptors (Lipinski definition) is 3. The Hall–Kier alpha value is -1.75. The number of hydrogen-bond donors (Lipinski definition) is 1. The van der Waals surface area contributed by atoms with Crippen molar-refractivity contribution >= 4 is 0 Å². The van der Waals surface area contributed by atoms with Gasteiger partial charge in [0.25, 0.3) is 0 Å². The fourth-order valence-corrected chi connectivity index (χ4v) is 2.10. The standard InChI is InChI=1S/C12H13FN4/c1-8-7-17-12(6-14-8)10(5-16-17)11-3-2-9(13)4-15-11/h2-5,8,14H,6-7H2,1H3. The number of fused-ring (bicyclic) bond motifs is 1. The molecule has 0 saturated carbocycles. The quantitative estimate of drug-likeness (QED) is 0.811. The zero-order valence-corrected chi connectivity index (χ0v) is 9.52. The Bertz CT molecular complexity index is 532. The summed E-state index contributed by atoms with van der Waals surface area (Å²) in [4.78, 5) is 4.09. The average molecular weight is 232 g/mol. The highest BCUT2D eigenvalue weighted by Crippen LogP contribution is 2.23. The van der Waals surface area contributed by atoms with E-state index in [0.29, 0.717) is 6.04 Å². The monoisotopic (exact) mass is 232 g/mol. The molecule has 0 aliphatic carbocycles. The highest BCUT2D eigenvalue weighted by atomic mass is 19.1. The predicted octanol–water partition coefficient (Wildman–Crippen LogP) is 1.58. The Morgan fingerprint density at radius 2 is 2.29 bits per heavy atom. The van der Waals surface area contributed by atoms with Crippen LogP contribution in [-0.2, 0) is 13.1 Å². The molecule has 0 aromatic carbocycles. The van der Waals surface area contributed by atoms with Crippen LogP contribution in [0.4, 0.5) is 4.39 Å². The van der Waals surface area contributed by atoms with E-state index in [9.17, 15) is 4.39 Å². The van der Waals surface area contributed by atoms with Crippen molar-refractivity contribution in [3.05, 3.63) is 36.0 Å². The molecule has 0 fully saturated rings. The number of nitrogens with one attached hydrogen (secondary N) is 1. The van der Waals surface area contributed by atoms with Gasteiger partial charge in [-0.15, -0.1) is 0 Å². The van der Waals surface area contributed by atoms with Gasteiger partial charge in [0.2, 0.25) is 0 Å². The topological polar surface area (TPSA) is 42.7 Å². The van der Waals surface area contributed by atoms with E-state index in [1.807, 2.05) is 4.68 Å². The second kappa shape index (κ2) is 3.92. The number of rotatable bonds is 1. The third kappa shape index (κ3) is 1.82. The highest BCUT2D eigenvalue weighted by Gasteiger charge is 2.19. The average Bonchev–Trinajstić information content (AvgIpc) is 2.73. The van der Waals surface area contributed by atoms with Crippen LogP contribution in [0.25, 0.3) is 11.3 Å². The van der Waals surface area contributed by atoms with Crippen molar-refractivity contribution in [2.45, 2.75) is 26.1 Å². The summed E-state index contributed by atoms with van der Waals surface area (Å²) in [5.74, 6) is -0.318. The number of aromatic nitrogens is 3. The molecule has 88 valence electrons. The largest absolute Gasteiger partial charge is 0.307 e. The summed E-state index contributed by atoms with van der Waals surface area (Å²) in [6.07, 6.45) is 3.04. The predicted molar refractivity (Wildman–Crippen MR) is 61.7 cm³/mol. The van der Waals surface area contributed by atoms with Crippen LogP contribution in [0.1, 0.15) is 12.6 Å². The molecule has 1 aliphatic rings. The third-order valence-electron chi connectivity index (χ3n) is 3.02. The van der Waals surface area contributed by atoms with Crippen molar-refractivity contribution in [3.8, 4) is 11.3 Å². The molecule has 0 amide bonds. The van der Waals surface area contributed by atoms with Crippen LogP contribution in [-0.4, -0.2) is 20.8 Å². The molecular weight excluding hydrogens is 219 g/mol. The SMILES string of the molecule is CC1Cn2ncc(-c3ccc(F)cn3)c2CN1. The summed E-state index contributed by atoms with van der Waals surface area (Å²) < 4.78 is 14.8. The smallest absolute Gasteiger partial charge is 0.141 e. The normalized spacial score (nSPS) is 19.1. The Morgan fingerprint density at radius 3 is 3.06 bits per heavy atom. The Kier molecular flexibility index (Phi) is 2.40. The van der Waals surface area contributed by atoms with Crippen LogP contribution in [0.3, 0.4) is 0 Å². The molecule has 2 aromatic heterocycles. The third-order valence-corrected chi connectivity index (χ3v) is 3.02. The van der Waals surface area contributed by atoms with Crippen LogP contribution in [0, 0.1) is 5.82 Å². The second-order valence-corrected chi connectivity index (χ2v) is 4.33. The molecule has 4 nitrogen and oxygen atoms in total. The van der Waals surface area contributed by atoms with E-state index in [0.717, 1.165) is 30.0 Å². The second-order valence-electron chi connectivity index (χ2n) is 4.33. The zero-order chi connectivity index (χ0) is 11.8. The molecule has 3 heterocycles. The van der Waals surface area contributed by atoms with Gasteiger partial charge in [-0.3, -0.25) is 9.67 Å². The van der Waals surface area contributed by atoms with Gasteiger partial charge in [0, 0.05) is 18.2 Å². The molecule has 2 aromatic rings. The van der Waals surface area contributed by atoms with Crippen molar-refractivity contribution < 1.29 is 4.39 Å². The molecule has 0 bridgehead atoms. The van der Waals surface area contributed by atoms with E-state index in [1.165, 1.54) is 12.3 Å². The van der Waals surface area contributed by atoms with Crippen LogP contribution >= 0.6 is 0 Å². The first-order chi connectivity index (χ1) is 8.24. The van der Waals surface area contributed by atoms with Crippen molar-refractivity contribution in [2.75, 3.05) is 0 Å². The molecular formula is C12H13FN4. The lowest BCUT2D eigenvalue weighted by atomic mass is 10.1. The Labute approximate surface area is 98.5 Å². The molecule has 0 radical (unpaired) electrons. The summed E-state index contributed by atoms with van der Waals surface area (Å²) in [6.45, 7) is 3.76. The maximum absolute atomic E-state index is 12.8. The number of nitrogens with zero attached hydrogens (tertiary/aromatic N) is 3. The van der Waals surface area contributed by atoms with Gasteiger partial charge < -0.3 is 5.32 Å². The van der Waals surface area contributed by atoms with Gasteiger partial charge in [0.05, 0.1) is 30.3 Å². The van der Waals surface area contributed by atoms with E-state index in [1.54, 1.807) is 12.3 Å². The summed E-state index contributed by atoms with van der Waals surface area (Å²) in [5.41, 5.74) is 2.86. The number of pyridine rings is 1. The first-order valence-electron chi connectivity index (χ1n) is 5.64. The molecule has 1 atom stereocenters. The van der Waals surface area contributed by atoms with Crippen LogP contribution in [0.5, 0.6) is 0 Å². The van der Waals surface area contributed by atoms with Gasteiger partial charge in [-0.25, -0.2) is 4.39 Å². The van der Waals surface area contributed by atoms with E-state index in [4.69, 9.17) is 0 Å². The molecule has 1 N–H and O–H groups in total. The molecule has 1 aliphatic heterocycles. The molecule has 5 heteroatoms.